The van der Waals surface area contributed by atoms with Crippen LogP contribution in [0.2, 0.25) is 5.02 Å². The second kappa shape index (κ2) is 9.59. The highest BCUT2D eigenvalue weighted by Gasteiger charge is 2.05. The highest BCUT2D eigenvalue weighted by molar-refractivity contribution is 14.1. The molecule has 2 nitrogen and oxygen atoms in total. The Kier molecular flexibility index (Phi) is 8.46. The number of hydrogen-bond acceptors (Lipinski definition) is 1. The third-order valence-electron chi connectivity index (χ3n) is 2.96. The van der Waals surface area contributed by atoms with E-state index in [1.807, 2.05) is 12.1 Å². The van der Waals surface area contributed by atoms with Crippen molar-refractivity contribution in [1.82, 2.24) is 0 Å². The zero-order valence-corrected chi connectivity index (χ0v) is 14.3. The number of halogens is 2. The lowest BCUT2D eigenvalue weighted by molar-refractivity contribution is -0.116. The Labute approximate surface area is 134 Å². The van der Waals surface area contributed by atoms with Gasteiger partial charge in [-0.3, -0.25) is 4.79 Å². The predicted molar refractivity (Wildman–Crippen MR) is 90.8 cm³/mol. The molecule has 0 spiro atoms. The molecule has 1 N–H and O–H groups in total. The van der Waals surface area contributed by atoms with Gasteiger partial charge in [-0.05, 0) is 47.2 Å². The lowest BCUT2D eigenvalue weighted by Crippen LogP contribution is -2.12. The average Bonchev–Trinajstić information content (AvgIpc) is 2.37. The molecule has 0 radical (unpaired) electrons. The zero-order chi connectivity index (χ0) is 14.1. The molecule has 1 aromatic rings. The maximum Gasteiger partial charge on any atom is 0.224 e. The van der Waals surface area contributed by atoms with Crippen LogP contribution in [0.4, 0.5) is 5.69 Å². The Balaban J connectivity index is 2.23. The van der Waals surface area contributed by atoms with Crippen molar-refractivity contribution in [3.05, 3.63) is 26.8 Å². The Hall–Kier alpha value is -0.290. The molecule has 106 valence electrons. The number of carbonyl (C=O) groups excluding carboxylic acids is 1. The highest BCUT2D eigenvalue weighted by atomic mass is 127. The van der Waals surface area contributed by atoms with Crippen molar-refractivity contribution >= 4 is 45.8 Å². The van der Waals surface area contributed by atoms with Crippen LogP contribution in [0.3, 0.4) is 0 Å². The average molecular weight is 394 g/mol. The lowest BCUT2D eigenvalue weighted by atomic mass is 10.1. The first kappa shape index (κ1) is 16.8. The van der Waals surface area contributed by atoms with E-state index in [0.717, 1.165) is 22.1 Å². The van der Waals surface area contributed by atoms with Crippen LogP contribution in [0.25, 0.3) is 0 Å². The van der Waals surface area contributed by atoms with E-state index in [-0.39, 0.29) is 5.91 Å². The van der Waals surface area contributed by atoms with Gasteiger partial charge in [0.25, 0.3) is 0 Å². The fraction of sp³-hybridized carbons (Fsp3) is 0.533. The van der Waals surface area contributed by atoms with Crippen LogP contribution in [-0.2, 0) is 4.79 Å². The van der Waals surface area contributed by atoms with Gasteiger partial charge < -0.3 is 5.32 Å². The van der Waals surface area contributed by atoms with Crippen LogP contribution in [0.1, 0.15) is 51.9 Å². The van der Waals surface area contributed by atoms with Crippen LogP contribution >= 0.6 is 34.2 Å². The number of benzene rings is 1. The molecule has 0 aromatic heterocycles. The third kappa shape index (κ3) is 7.16. The Bertz CT molecular complexity index is 409. The summed E-state index contributed by atoms with van der Waals surface area (Å²) >= 11 is 8.06. The normalized spacial score (nSPS) is 10.5. The third-order valence-corrected chi connectivity index (χ3v) is 4.09. The number of nitrogens with one attached hydrogen (secondary N) is 1. The first-order chi connectivity index (χ1) is 9.13. The van der Waals surface area contributed by atoms with Crippen molar-refractivity contribution in [2.24, 2.45) is 0 Å². The van der Waals surface area contributed by atoms with Crippen LogP contribution in [0.15, 0.2) is 18.2 Å². The Morgan fingerprint density at radius 3 is 2.58 bits per heavy atom. The number of rotatable bonds is 8. The Morgan fingerprint density at radius 1 is 1.21 bits per heavy atom. The van der Waals surface area contributed by atoms with E-state index in [0.29, 0.717) is 11.4 Å². The summed E-state index contributed by atoms with van der Waals surface area (Å²) in [5.41, 5.74) is 0.848. The Morgan fingerprint density at radius 2 is 1.89 bits per heavy atom. The molecule has 0 saturated heterocycles. The van der Waals surface area contributed by atoms with Gasteiger partial charge in [-0.1, -0.05) is 50.6 Å². The number of anilines is 1. The highest BCUT2D eigenvalue weighted by Crippen LogP contribution is 2.22. The summed E-state index contributed by atoms with van der Waals surface area (Å²) in [4.78, 5) is 11.8. The van der Waals surface area contributed by atoms with E-state index >= 15 is 0 Å². The van der Waals surface area contributed by atoms with E-state index in [9.17, 15) is 4.79 Å². The molecule has 0 atom stereocenters. The molecule has 0 heterocycles. The number of carbonyl (C=O) groups is 1. The maximum atomic E-state index is 11.8. The summed E-state index contributed by atoms with van der Waals surface area (Å²) in [5, 5.41) is 3.63. The fourth-order valence-corrected chi connectivity index (χ4v) is 2.88. The standard InChI is InChI=1S/C15H21ClINO/c1-2-3-4-5-6-7-8-15(19)18-14-10-9-12(16)11-13(14)17/h9-11H,2-8H2,1H3,(H,18,19). The lowest BCUT2D eigenvalue weighted by Gasteiger charge is -2.07. The largest absolute Gasteiger partial charge is 0.325 e. The van der Waals surface area contributed by atoms with E-state index < -0.39 is 0 Å². The predicted octanol–water partition coefficient (Wildman–Crippen LogP) is 5.63. The summed E-state index contributed by atoms with van der Waals surface area (Å²) in [6, 6.07) is 5.50. The van der Waals surface area contributed by atoms with Gasteiger partial charge in [-0.15, -0.1) is 0 Å². The molecule has 0 aliphatic carbocycles. The fourth-order valence-electron chi connectivity index (χ4n) is 1.87. The van der Waals surface area contributed by atoms with E-state index in [2.05, 4.69) is 34.8 Å². The summed E-state index contributed by atoms with van der Waals surface area (Å²) in [5.74, 6) is 0.0933. The van der Waals surface area contributed by atoms with Gasteiger partial charge >= 0.3 is 0 Å². The maximum absolute atomic E-state index is 11.8. The summed E-state index contributed by atoms with van der Waals surface area (Å²) in [6.45, 7) is 2.21. The van der Waals surface area contributed by atoms with Crippen LogP contribution in [0.5, 0.6) is 0 Å². The molecule has 0 saturated carbocycles. The van der Waals surface area contributed by atoms with E-state index in [1.165, 1.54) is 25.7 Å². The van der Waals surface area contributed by atoms with Crippen LogP contribution in [0, 0.1) is 3.57 Å². The van der Waals surface area contributed by atoms with Crippen molar-refractivity contribution < 1.29 is 4.79 Å². The van der Waals surface area contributed by atoms with Gasteiger partial charge in [-0.2, -0.15) is 0 Å². The van der Waals surface area contributed by atoms with Crippen molar-refractivity contribution in [2.75, 3.05) is 5.32 Å². The van der Waals surface area contributed by atoms with Gasteiger partial charge in [0.2, 0.25) is 5.91 Å². The van der Waals surface area contributed by atoms with Crippen LogP contribution < -0.4 is 5.32 Å². The quantitative estimate of drug-likeness (QED) is 0.450. The molecule has 1 aromatic carbocycles. The summed E-state index contributed by atoms with van der Waals surface area (Å²) in [7, 11) is 0. The van der Waals surface area contributed by atoms with Gasteiger partial charge in [0.1, 0.15) is 0 Å². The number of hydrogen-bond donors (Lipinski definition) is 1. The molecular weight excluding hydrogens is 373 g/mol. The molecule has 0 fully saturated rings. The molecule has 19 heavy (non-hydrogen) atoms. The van der Waals surface area contributed by atoms with Crippen LogP contribution in [-0.4, -0.2) is 5.91 Å². The van der Waals surface area contributed by atoms with Crippen molar-refractivity contribution in [3.63, 3.8) is 0 Å². The minimum atomic E-state index is 0.0933. The minimum absolute atomic E-state index is 0.0933. The van der Waals surface area contributed by atoms with Gasteiger partial charge in [-0.25, -0.2) is 0 Å². The summed E-state index contributed by atoms with van der Waals surface area (Å²) in [6.07, 6.45) is 7.80. The molecule has 1 rings (SSSR count). The monoisotopic (exact) mass is 393 g/mol. The van der Waals surface area contributed by atoms with Crippen molar-refractivity contribution in [2.45, 2.75) is 51.9 Å². The van der Waals surface area contributed by atoms with E-state index in [4.69, 9.17) is 11.6 Å². The van der Waals surface area contributed by atoms with Gasteiger partial charge in [0.15, 0.2) is 0 Å². The second-order valence-electron chi connectivity index (χ2n) is 4.69. The molecular formula is C15H21ClINO. The first-order valence-electron chi connectivity index (χ1n) is 6.88. The molecule has 0 aliphatic rings. The SMILES string of the molecule is CCCCCCCCC(=O)Nc1ccc(Cl)cc1I. The number of unbranched alkanes of at least 4 members (excludes halogenated alkanes) is 5. The first-order valence-corrected chi connectivity index (χ1v) is 8.34. The number of amides is 1. The van der Waals surface area contributed by atoms with Crippen molar-refractivity contribution in [3.8, 4) is 0 Å². The zero-order valence-electron chi connectivity index (χ0n) is 11.3. The smallest absolute Gasteiger partial charge is 0.224 e. The summed E-state index contributed by atoms with van der Waals surface area (Å²) < 4.78 is 0.974. The minimum Gasteiger partial charge on any atom is -0.325 e. The molecule has 4 heteroatoms. The molecule has 0 aliphatic heterocycles. The molecule has 0 unspecified atom stereocenters. The van der Waals surface area contributed by atoms with Gasteiger partial charge in [0, 0.05) is 15.0 Å². The molecule has 0 bridgehead atoms. The topological polar surface area (TPSA) is 29.1 Å². The van der Waals surface area contributed by atoms with Gasteiger partial charge in [0.05, 0.1) is 5.69 Å². The van der Waals surface area contributed by atoms with Crippen molar-refractivity contribution in [1.29, 1.82) is 0 Å². The second-order valence-corrected chi connectivity index (χ2v) is 6.29. The van der Waals surface area contributed by atoms with E-state index in [1.54, 1.807) is 6.07 Å². The molecule has 1 amide bonds.